The van der Waals surface area contributed by atoms with Gasteiger partial charge in [-0.1, -0.05) is 6.92 Å². The Morgan fingerprint density at radius 2 is 2.25 bits per heavy atom. The molecule has 5 nitrogen and oxygen atoms in total. The molecule has 0 saturated carbocycles. The van der Waals surface area contributed by atoms with Crippen molar-refractivity contribution in [1.82, 2.24) is 4.98 Å². The van der Waals surface area contributed by atoms with Crippen LogP contribution in [-0.4, -0.2) is 24.2 Å². The summed E-state index contributed by atoms with van der Waals surface area (Å²) in [5, 5.41) is 0. The molecule has 0 saturated heterocycles. The van der Waals surface area contributed by atoms with Crippen molar-refractivity contribution in [3.05, 3.63) is 17.8 Å². The van der Waals surface area contributed by atoms with Gasteiger partial charge >= 0.3 is 5.97 Å². The van der Waals surface area contributed by atoms with Gasteiger partial charge in [-0.05, 0) is 13.3 Å². The van der Waals surface area contributed by atoms with Crippen LogP contribution >= 0.6 is 0 Å². The van der Waals surface area contributed by atoms with E-state index in [4.69, 9.17) is 15.2 Å². The van der Waals surface area contributed by atoms with Crippen LogP contribution in [0.1, 0.15) is 30.6 Å². The summed E-state index contributed by atoms with van der Waals surface area (Å²) >= 11 is 0. The molecule has 0 aliphatic heterocycles. The number of nitrogen functional groups attached to an aromatic ring is 1. The third kappa shape index (κ3) is 3.12. The van der Waals surface area contributed by atoms with Gasteiger partial charge < -0.3 is 15.2 Å². The highest BCUT2D eigenvalue weighted by Crippen LogP contribution is 2.17. The Hall–Kier alpha value is -1.78. The van der Waals surface area contributed by atoms with Gasteiger partial charge in [0.05, 0.1) is 30.7 Å². The summed E-state index contributed by atoms with van der Waals surface area (Å²) in [4.78, 5) is 15.5. The summed E-state index contributed by atoms with van der Waals surface area (Å²) in [7, 11) is 0. The molecule has 0 radical (unpaired) electrons. The monoisotopic (exact) mass is 224 g/mol. The van der Waals surface area contributed by atoms with Crippen molar-refractivity contribution in [3.8, 4) is 5.88 Å². The first kappa shape index (κ1) is 12.3. The lowest BCUT2D eigenvalue weighted by molar-refractivity contribution is 0.0527. The van der Waals surface area contributed by atoms with E-state index in [2.05, 4.69) is 4.98 Å². The number of carbonyl (C=O) groups excluding carboxylic acids is 1. The van der Waals surface area contributed by atoms with Gasteiger partial charge in [0.15, 0.2) is 0 Å². The SMILES string of the molecule is CCCOc1cc(C(=O)OCC)c(N)cn1. The molecule has 5 heteroatoms. The number of ether oxygens (including phenoxy) is 2. The van der Waals surface area contributed by atoms with E-state index in [1.54, 1.807) is 6.92 Å². The molecule has 1 rings (SSSR count). The summed E-state index contributed by atoms with van der Waals surface area (Å²) in [6, 6.07) is 1.50. The smallest absolute Gasteiger partial charge is 0.340 e. The fraction of sp³-hybridized carbons (Fsp3) is 0.455. The third-order valence-corrected chi connectivity index (χ3v) is 1.86. The molecule has 0 fully saturated rings. The van der Waals surface area contributed by atoms with Crippen molar-refractivity contribution in [2.75, 3.05) is 18.9 Å². The number of anilines is 1. The second kappa shape index (κ2) is 5.95. The minimum Gasteiger partial charge on any atom is -0.478 e. The molecule has 0 aliphatic carbocycles. The Balaban J connectivity index is 2.85. The maximum Gasteiger partial charge on any atom is 0.340 e. The lowest BCUT2D eigenvalue weighted by Crippen LogP contribution is -2.09. The molecule has 2 N–H and O–H groups in total. The maximum absolute atomic E-state index is 11.5. The molecular formula is C11H16N2O3. The maximum atomic E-state index is 11.5. The molecule has 0 atom stereocenters. The predicted octanol–water partition coefficient (Wildman–Crippen LogP) is 1.63. The highest BCUT2D eigenvalue weighted by Gasteiger charge is 2.12. The minimum absolute atomic E-state index is 0.294. The van der Waals surface area contributed by atoms with Crippen LogP contribution in [0.15, 0.2) is 12.3 Å². The zero-order valence-corrected chi connectivity index (χ0v) is 9.53. The van der Waals surface area contributed by atoms with Gasteiger partial charge in [-0.2, -0.15) is 0 Å². The Bertz CT molecular complexity index is 366. The standard InChI is InChI=1S/C11H16N2O3/c1-3-5-16-10-6-8(9(12)7-13-10)11(14)15-4-2/h6-7H,3-5,12H2,1-2H3. The van der Waals surface area contributed by atoms with Crippen LogP contribution in [0.5, 0.6) is 5.88 Å². The van der Waals surface area contributed by atoms with E-state index in [0.29, 0.717) is 30.3 Å². The number of nitrogens with zero attached hydrogens (tertiary/aromatic N) is 1. The fourth-order valence-electron chi connectivity index (χ4n) is 1.12. The van der Waals surface area contributed by atoms with Crippen molar-refractivity contribution < 1.29 is 14.3 Å². The number of aromatic nitrogens is 1. The van der Waals surface area contributed by atoms with Gasteiger partial charge in [0.25, 0.3) is 0 Å². The van der Waals surface area contributed by atoms with Gasteiger partial charge in [0, 0.05) is 6.07 Å². The summed E-state index contributed by atoms with van der Waals surface area (Å²) < 4.78 is 10.2. The van der Waals surface area contributed by atoms with Gasteiger partial charge in [-0.25, -0.2) is 9.78 Å². The number of hydrogen-bond acceptors (Lipinski definition) is 5. The normalized spacial score (nSPS) is 9.88. The Morgan fingerprint density at radius 3 is 2.88 bits per heavy atom. The van der Waals surface area contributed by atoms with Crippen LogP contribution in [0.4, 0.5) is 5.69 Å². The fourth-order valence-corrected chi connectivity index (χ4v) is 1.12. The number of pyridine rings is 1. The molecule has 0 bridgehead atoms. The highest BCUT2D eigenvalue weighted by atomic mass is 16.5. The number of carbonyl (C=O) groups is 1. The Morgan fingerprint density at radius 1 is 1.50 bits per heavy atom. The molecule has 16 heavy (non-hydrogen) atoms. The van der Waals surface area contributed by atoms with Crippen LogP contribution in [0, 0.1) is 0 Å². The largest absolute Gasteiger partial charge is 0.478 e. The number of rotatable bonds is 5. The molecule has 0 aliphatic rings. The molecule has 0 amide bonds. The molecule has 0 unspecified atom stereocenters. The van der Waals surface area contributed by atoms with Gasteiger partial charge in [-0.3, -0.25) is 0 Å². The highest BCUT2D eigenvalue weighted by molar-refractivity contribution is 5.95. The van der Waals surface area contributed by atoms with Crippen molar-refractivity contribution in [1.29, 1.82) is 0 Å². The van der Waals surface area contributed by atoms with E-state index >= 15 is 0 Å². The lowest BCUT2D eigenvalue weighted by Gasteiger charge is -2.07. The van der Waals surface area contributed by atoms with Crippen molar-refractivity contribution in [2.24, 2.45) is 0 Å². The first-order valence-corrected chi connectivity index (χ1v) is 5.24. The number of hydrogen-bond donors (Lipinski definition) is 1. The topological polar surface area (TPSA) is 74.4 Å². The molecule has 0 spiro atoms. The molecule has 1 aromatic rings. The quantitative estimate of drug-likeness (QED) is 0.769. The van der Waals surface area contributed by atoms with Gasteiger partial charge in [-0.15, -0.1) is 0 Å². The average molecular weight is 224 g/mol. The van der Waals surface area contributed by atoms with E-state index in [1.165, 1.54) is 12.3 Å². The van der Waals surface area contributed by atoms with Gasteiger partial charge in [0.2, 0.25) is 5.88 Å². The summed E-state index contributed by atoms with van der Waals surface area (Å²) in [5.74, 6) is -0.0668. The van der Waals surface area contributed by atoms with Crippen molar-refractivity contribution >= 4 is 11.7 Å². The molecular weight excluding hydrogens is 208 g/mol. The Labute approximate surface area is 94.6 Å². The van der Waals surface area contributed by atoms with E-state index < -0.39 is 5.97 Å². The van der Waals surface area contributed by atoms with Crippen LogP contribution in [-0.2, 0) is 4.74 Å². The van der Waals surface area contributed by atoms with Crippen LogP contribution in [0.3, 0.4) is 0 Å². The van der Waals surface area contributed by atoms with E-state index in [0.717, 1.165) is 6.42 Å². The van der Waals surface area contributed by atoms with Gasteiger partial charge in [0.1, 0.15) is 0 Å². The Kier molecular flexibility index (Phi) is 4.57. The molecule has 0 aromatic carbocycles. The predicted molar refractivity (Wildman–Crippen MR) is 60.4 cm³/mol. The van der Waals surface area contributed by atoms with E-state index in [-0.39, 0.29) is 0 Å². The summed E-state index contributed by atoms with van der Waals surface area (Å²) in [6.07, 6.45) is 2.28. The molecule has 1 aromatic heterocycles. The molecule has 88 valence electrons. The van der Waals surface area contributed by atoms with Crippen LogP contribution in [0.2, 0.25) is 0 Å². The lowest BCUT2D eigenvalue weighted by atomic mass is 10.2. The number of nitrogens with two attached hydrogens (primary N) is 1. The minimum atomic E-state index is -0.455. The van der Waals surface area contributed by atoms with Crippen molar-refractivity contribution in [3.63, 3.8) is 0 Å². The van der Waals surface area contributed by atoms with Crippen LogP contribution in [0.25, 0.3) is 0 Å². The number of esters is 1. The summed E-state index contributed by atoms with van der Waals surface area (Å²) in [6.45, 7) is 4.60. The van der Waals surface area contributed by atoms with Crippen LogP contribution < -0.4 is 10.5 Å². The zero-order valence-electron chi connectivity index (χ0n) is 9.53. The van der Waals surface area contributed by atoms with E-state index in [1.807, 2.05) is 6.92 Å². The molecule has 1 heterocycles. The summed E-state index contributed by atoms with van der Waals surface area (Å²) in [5.41, 5.74) is 6.22. The second-order valence-corrected chi connectivity index (χ2v) is 3.18. The first-order chi connectivity index (χ1) is 7.69. The van der Waals surface area contributed by atoms with E-state index in [9.17, 15) is 4.79 Å². The average Bonchev–Trinajstić information content (AvgIpc) is 2.28. The zero-order chi connectivity index (χ0) is 12.0. The van der Waals surface area contributed by atoms with Crippen molar-refractivity contribution in [2.45, 2.75) is 20.3 Å². The second-order valence-electron chi connectivity index (χ2n) is 3.18. The first-order valence-electron chi connectivity index (χ1n) is 5.24. The third-order valence-electron chi connectivity index (χ3n) is 1.86.